The summed E-state index contributed by atoms with van der Waals surface area (Å²) in [4.78, 5) is 15.9. The fourth-order valence-corrected chi connectivity index (χ4v) is 2.76. The molecular weight excluding hydrogens is 254 g/mol. The van der Waals surface area contributed by atoms with Crippen molar-refractivity contribution in [2.75, 3.05) is 0 Å². The SMILES string of the molecule is CC(C)CC(C)Oc1nc2c(cc1C(=O)O)CCCC2. The Hall–Kier alpha value is -1.58. The Morgan fingerprint density at radius 3 is 2.70 bits per heavy atom. The Labute approximate surface area is 120 Å². The van der Waals surface area contributed by atoms with E-state index < -0.39 is 5.97 Å². The maximum Gasteiger partial charge on any atom is 0.341 e. The van der Waals surface area contributed by atoms with Gasteiger partial charge in [-0.05, 0) is 56.6 Å². The van der Waals surface area contributed by atoms with Crippen molar-refractivity contribution in [3.8, 4) is 5.88 Å². The van der Waals surface area contributed by atoms with Gasteiger partial charge in [-0.25, -0.2) is 9.78 Å². The topological polar surface area (TPSA) is 59.4 Å². The highest BCUT2D eigenvalue weighted by Crippen LogP contribution is 2.27. The van der Waals surface area contributed by atoms with Gasteiger partial charge in [0.25, 0.3) is 0 Å². The predicted octanol–water partition coefficient (Wildman–Crippen LogP) is 3.47. The molecule has 1 aliphatic carbocycles. The zero-order valence-corrected chi connectivity index (χ0v) is 12.5. The molecule has 20 heavy (non-hydrogen) atoms. The molecule has 1 aromatic heterocycles. The standard InChI is InChI=1S/C16H23NO3/c1-10(2)8-11(3)20-15-13(16(18)19)9-12-6-4-5-7-14(12)17-15/h9-11H,4-8H2,1-3H3,(H,18,19). The van der Waals surface area contributed by atoms with E-state index >= 15 is 0 Å². The second kappa shape index (κ2) is 6.25. The first-order valence-electron chi connectivity index (χ1n) is 7.40. The van der Waals surface area contributed by atoms with E-state index in [-0.39, 0.29) is 17.5 Å². The summed E-state index contributed by atoms with van der Waals surface area (Å²) >= 11 is 0. The summed E-state index contributed by atoms with van der Waals surface area (Å²) < 4.78 is 5.79. The highest BCUT2D eigenvalue weighted by atomic mass is 16.5. The molecule has 4 heteroatoms. The molecule has 1 atom stereocenters. The molecule has 2 rings (SSSR count). The molecule has 110 valence electrons. The van der Waals surface area contributed by atoms with Crippen molar-refractivity contribution in [1.82, 2.24) is 4.98 Å². The van der Waals surface area contributed by atoms with E-state index in [9.17, 15) is 9.90 Å². The van der Waals surface area contributed by atoms with Crippen LogP contribution in [0.25, 0.3) is 0 Å². The number of pyridine rings is 1. The molecule has 1 unspecified atom stereocenters. The lowest BCUT2D eigenvalue weighted by molar-refractivity contribution is 0.0687. The molecule has 0 radical (unpaired) electrons. The van der Waals surface area contributed by atoms with E-state index in [1.54, 1.807) is 6.07 Å². The van der Waals surface area contributed by atoms with Crippen LogP contribution in [-0.2, 0) is 12.8 Å². The van der Waals surface area contributed by atoms with Crippen LogP contribution in [0, 0.1) is 5.92 Å². The monoisotopic (exact) mass is 277 g/mol. The van der Waals surface area contributed by atoms with Crippen molar-refractivity contribution in [2.24, 2.45) is 5.92 Å². The van der Waals surface area contributed by atoms with Crippen LogP contribution in [0.5, 0.6) is 5.88 Å². The third kappa shape index (κ3) is 3.50. The Morgan fingerprint density at radius 2 is 2.05 bits per heavy atom. The predicted molar refractivity (Wildman–Crippen MR) is 77.4 cm³/mol. The average Bonchev–Trinajstić information content (AvgIpc) is 2.36. The van der Waals surface area contributed by atoms with Crippen LogP contribution in [0.1, 0.15) is 61.6 Å². The van der Waals surface area contributed by atoms with Gasteiger partial charge in [0, 0.05) is 5.69 Å². The number of aryl methyl sites for hydroxylation is 2. The fraction of sp³-hybridized carbons (Fsp3) is 0.625. The number of carboxylic acids is 1. The number of carboxylic acid groups (broad SMARTS) is 1. The van der Waals surface area contributed by atoms with E-state index in [2.05, 4.69) is 18.8 Å². The first-order chi connectivity index (χ1) is 9.47. The third-order valence-corrected chi connectivity index (χ3v) is 3.61. The molecule has 0 spiro atoms. The van der Waals surface area contributed by atoms with E-state index in [0.29, 0.717) is 5.92 Å². The van der Waals surface area contributed by atoms with Crippen LogP contribution >= 0.6 is 0 Å². The number of ether oxygens (including phenoxy) is 1. The van der Waals surface area contributed by atoms with Gasteiger partial charge in [-0.1, -0.05) is 13.8 Å². The van der Waals surface area contributed by atoms with Crippen molar-refractivity contribution in [3.63, 3.8) is 0 Å². The first kappa shape index (κ1) is 14.8. The van der Waals surface area contributed by atoms with Crippen molar-refractivity contribution >= 4 is 5.97 Å². The Balaban J connectivity index is 2.28. The molecule has 0 saturated carbocycles. The quantitative estimate of drug-likeness (QED) is 0.895. The van der Waals surface area contributed by atoms with Gasteiger partial charge in [-0.15, -0.1) is 0 Å². The van der Waals surface area contributed by atoms with Gasteiger partial charge < -0.3 is 9.84 Å². The molecule has 0 fully saturated rings. The molecule has 0 aliphatic heterocycles. The molecule has 0 bridgehead atoms. The van der Waals surface area contributed by atoms with Gasteiger partial charge in [0.2, 0.25) is 5.88 Å². The summed E-state index contributed by atoms with van der Waals surface area (Å²) in [6.07, 6.45) is 4.93. The van der Waals surface area contributed by atoms with Gasteiger partial charge in [-0.2, -0.15) is 0 Å². The summed E-state index contributed by atoms with van der Waals surface area (Å²) in [6, 6.07) is 1.75. The van der Waals surface area contributed by atoms with Gasteiger partial charge in [0.1, 0.15) is 5.56 Å². The first-order valence-corrected chi connectivity index (χ1v) is 7.40. The maximum absolute atomic E-state index is 11.4. The zero-order chi connectivity index (χ0) is 14.7. The third-order valence-electron chi connectivity index (χ3n) is 3.61. The normalized spacial score (nSPS) is 15.8. The fourth-order valence-electron chi connectivity index (χ4n) is 2.76. The second-order valence-electron chi connectivity index (χ2n) is 6.02. The maximum atomic E-state index is 11.4. The number of rotatable bonds is 5. The van der Waals surface area contributed by atoms with Crippen LogP contribution < -0.4 is 4.74 Å². The average molecular weight is 277 g/mol. The lowest BCUT2D eigenvalue weighted by Gasteiger charge is -2.20. The van der Waals surface area contributed by atoms with Crippen molar-refractivity contribution in [1.29, 1.82) is 0 Å². The summed E-state index contributed by atoms with van der Waals surface area (Å²) in [5.41, 5.74) is 2.27. The van der Waals surface area contributed by atoms with Crippen LogP contribution in [0.15, 0.2) is 6.07 Å². The van der Waals surface area contributed by atoms with Gasteiger partial charge in [-0.3, -0.25) is 0 Å². The van der Waals surface area contributed by atoms with E-state index in [1.165, 1.54) is 0 Å². The summed E-state index contributed by atoms with van der Waals surface area (Å²) in [7, 11) is 0. The van der Waals surface area contributed by atoms with Gasteiger partial charge >= 0.3 is 5.97 Å². The number of fused-ring (bicyclic) bond motifs is 1. The van der Waals surface area contributed by atoms with E-state index in [4.69, 9.17) is 4.74 Å². The van der Waals surface area contributed by atoms with Crippen molar-refractivity contribution in [2.45, 2.75) is 59.0 Å². The number of carbonyl (C=O) groups is 1. The van der Waals surface area contributed by atoms with Crippen molar-refractivity contribution < 1.29 is 14.6 Å². The lowest BCUT2D eigenvalue weighted by atomic mass is 9.95. The minimum absolute atomic E-state index is 0.0257. The van der Waals surface area contributed by atoms with Crippen LogP contribution in [0.4, 0.5) is 0 Å². The van der Waals surface area contributed by atoms with E-state index in [1.807, 2.05) is 6.92 Å². The number of hydrogen-bond donors (Lipinski definition) is 1. The number of hydrogen-bond acceptors (Lipinski definition) is 3. The van der Waals surface area contributed by atoms with E-state index in [0.717, 1.165) is 43.4 Å². The molecule has 0 aromatic carbocycles. The highest BCUT2D eigenvalue weighted by Gasteiger charge is 2.21. The molecule has 0 amide bonds. The molecule has 0 saturated heterocycles. The lowest BCUT2D eigenvalue weighted by Crippen LogP contribution is -2.19. The number of aromatic carboxylic acids is 1. The zero-order valence-electron chi connectivity index (χ0n) is 12.5. The molecular formula is C16H23NO3. The minimum Gasteiger partial charge on any atom is -0.477 e. The Bertz CT molecular complexity index is 497. The molecule has 1 N–H and O–H groups in total. The summed E-state index contributed by atoms with van der Waals surface area (Å²) in [5.74, 6) is -0.167. The minimum atomic E-state index is -0.961. The van der Waals surface area contributed by atoms with Crippen LogP contribution in [0.3, 0.4) is 0 Å². The molecule has 1 heterocycles. The Morgan fingerprint density at radius 1 is 1.35 bits per heavy atom. The highest BCUT2D eigenvalue weighted by molar-refractivity contribution is 5.90. The van der Waals surface area contributed by atoms with Crippen LogP contribution in [-0.4, -0.2) is 22.2 Å². The summed E-state index contributed by atoms with van der Waals surface area (Å²) in [6.45, 7) is 6.21. The largest absolute Gasteiger partial charge is 0.477 e. The smallest absolute Gasteiger partial charge is 0.341 e. The van der Waals surface area contributed by atoms with Gasteiger partial charge in [0.05, 0.1) is 6.10 Å². The number of aromatic nitrogens is 1. The molecule has 1 aromatic rings. The molecule has 4 nitrogen and oxygen atoms in total. The molecule has 1 aliphatic rings. The van der Waals surface area contributed by atoms with Crippen molar-refractivity contribution in [3.05, 3.63) is 22.9 Å². The summed E-state index contributed by atoms with van der Waals surface area (Å²) in [5, 5.41) is 9.34. The van der Waals surface area contributed by atoms with Crippen LogP contribution in [0.2, 0.25) is 0 Å². The van der Waals surface area contributed by atoms with Gasteiger partial charge in [0.15, 0.2) is 0 Å². The Kier molecular flexibility index (Phi) is 4.63. The second-order valence-corrected chi connectivity index (χ2v) is 6.02. The number of nitrogens with zero attached hydrogens (tertiary/aromatic N) is 1.